The molecule has 0 aliphatic heterocycles. The Morgan fingerprint density at radius 3 is 2.38 bits per heavy atom. The predicted octanol–water partition coefficient (Wildman–Crippen LogP) is 4.77. The molecule has 1 radical (unpaired) electrons. The molecule has 0 heterocycles. The van der Waals surface area contributed by atoms with Crippen molar-refractivity contribution >= 4 is 11.6 Å². The van der Waals surface area contributed by atoms with Crippen molar-refractivity contribution in [3.05, 3.63) is 65.5 Å². The van der Waals surface area contributed by atoms with Crippen LogP contribution in [0, 0.1) is 6.42 Å². The monoisotopic (exact) mass is 229 g/mol. The Bertz CT molecular complexity index is 457. The Labute approximate surface area is 102 Å². The molecule has 0 aromatic heterocycles. The van der Waals surface area contributed by atoms with Crippen LogP contribution < -0.4 is 0 Å². The second kappa shape index (κ2) is 5.18. The Morgan fingerprint density at radius 1 is 1.00 bits per heavy atom. The lowest BCUT2D eigenvalue weighted by Crippen LogP contribution is -1.88. The summed E-state index contributed by atoms with van der Waals surface area (Å²) in [7, 11) is 0. The van der Waals surface area contributed by atoms with Crippen molar-refractivity contribution < 1.29 is 0 Å². The number of hydrogen-bond acceptors (Lipinski definition) is 0. The molecule has 0 saturated carbocycles. The van der Waals surface area contributed by atoms with Gasteiger partial charge in [-0.1, -0.05) is 54.9 Å². The first kappa shape index (κ1) is 11.2. The highest BCUT2D eigenvalue weighted by atomic mass is 35.5. The minimum Gasteiger partial charge on any atom is -0.0843 e. The molecular weight excluding hydrogens is 216 g/mol. The molecule has 81 valence electrons. The second-order valence-electron chi connectivity index (χ2n) is 3.78. The van der Waals surface area contributed by atoms with Crippen LogP contribution in [0.25, 0.3) is 11.1 Å². The van der Waals surface area contributed by atoms with Gasteiger partial charge in [0.1, 0.15) is 0 Å². The normalized spacial score (nSPS) is 10.4. The van der Waals surface area contributed by atoms with E-state index in [1.165, 1.54) is 16.7 Å². The largest absolute Gasteiger partial charge is 0.0843 e. The standard InChI is InChI=1S/C15H14Cl/c1-2-5-12-6-3-4-7-15(12)13-8-10-14(16)11-9-13/h2-4,6-11H,5H2,1H3. The van der Waals surface area contributed by atoms with E-state index in [9.17, 15) is 0 Å². The van der Waals surface area contributed by atoms with E-state index in [1.807, 2.05) is 12.1 Å². The highest BCUT2D eigenvalue weighted by Crippen LogP contribution is 2.25. The predicted molar refractivity (Wildman–Crippen MR) is 70.6 cm³/mol. The van der Waals surface area contributed by atoms with Gasteiger partial charge in [-0.05, 0) is 41.7 Å². The van der Waals surface area contributed by atoms with Gasteiger partial charge in [-0.25, -0.2) is 0 Å². The molecule has 0 N–H and O–H groups in total. The molecule has 2 aromatic carbocycles. The number of hydrogen-bond donors (Lipinski definition) is 0. The molecule has 0 spiro atoms. The first-order valence-electron chi connectivity index (χ1n) is 5.43. The lowest BCUT2D eigenvalue weighted by molar-refractivity contribution is 1.14. The molecule has 0 saturated heterocycles. The number of halogens is 1. The lowest BCUT2D eigenvalue weighted by atomic mass is 9.97. The summed E-state index contributed by atoms with van der Waals surface area (Å²) in [6.45, 7) is 2.08. The smallest absolute Gasteiger partial charge is 0.0406 e. The van der Waals surface area contributed by atoms with Crippen molar-refractivity contribution in [2.24, 2.45) is 0 Å². The summed E-state index contributed by atoms with van der Waals surface area (Å²) >= 11 is 5.89. The van der Waals surface area contributed by atoms with Crippen LogP contribution in [0.15, 0.2) is 48.5 Å². The van der Waals surface area contributed by atoms with Crippen LogP contribution in [0.2, 0.25) is 5.02 Å². The zero-order valence-corrected chi connectivity index (χ0v) is 10.0. The summed E-state index contributed by atoms with van der Waals surface area (Å²) in [5, 5.41) is 0.781. The van der Waals surface area contributed by atoms with Crippen LogP contribution in [-0.2, 0) is 6.42 Å². The Kier molecular flexibility index (Phi) is 3.63. The molecule has 0 aliphatic carbocycles. The minimum atomic E-state index is 0.781. The van der Waals surface area contributed by atoms with E-state index in [2.05, 4.69) is 49.7 Å². The topological polar surface area (TPSA) is 0 Å². The van der Waals surface area contributed by atoms with Crippen molar-refractivity contribution in [3.8, 4) is 11.1 Å². The van der Waals surface area contributed by atoms with Gasteiger partial charge in [0.15, 0.2) is 0 Å². The fraction of sp³-hybridized carbons (Fsp3) is 0.133. The molecule has 0 unspecified atom stereocenters. The Hall–Kier alpha value is -1.27. The third kappa shape index (κ3) is 2.45. The molecule has 0 aliphatic rings. The SMILES string of the molecule is C[CH]Cc1ccccc1-c1ccc(Cl)cc1. The van der Waals surface area contributed by atoms with E-state index < -0.39 is 0 Å². The Balaban J connectivity index is 2.42. The fourth-order valence-electron chi connectivity index (χ4n) is 1.83. The van der Waals surface area contributed by atoms with Crippen molar-refractivity contribution in [2.75, 3.05) is 0 Å². The molecular formula is C15H14Cl. The van der Waals surface area contributed by atoms with Crippen molar-refractivity contribution in [1.29, 1.82) is 0 Å². The lowest BCUT2D eigenvalue weighted by Gasteiger charge is -2.08. The summed E-state index contributed by atoms with van der Waals surface area (Å²) in [6, 6.07) is 16.5. The van der Waals surface area contributed by atoms with E-state index in [0.29, 0.717) is 0 Å². The summed E-state index contributed by atoms with van der Waals surface area (Å²) in [5.41, 5.74) is 3.87. The van der Waals surface area contributed by atoms with Crippen molar-refractivity contribution in [1.82, 2.24) is 0 Å². The van der Waals surface area contributed by atoms with Crippen LogP contribution >= 0.6 is 11.6 Å². The van der Waals surface area contributed by atoms with Gasteiger partial charge in [-0.3, -0.25) is 0 Å². The van der Waals surface area contributed by atoms with Crippen LogP contribution in [-0.4, -0.2) is 0 Å². The number of rotatable bonds is 3. The first-order chi connectivity index (χ1) is 7.81. The van der Waals surface area contributed by atoms with E-state index in [4.69, 9.17) is 11.6 Å². The van der Waals surface area contributed by atoms with Gasteiger partial charge in [0.2, 0.25) is 0 Å². The van der Waals surface area contributed by atoms with E-state index in [-0.39, 0.29) is 0 Å². The molecule has 0 atom stereocenters. The van der Waals surface area contributed by atoms with E-state index in [1.54, 1.807) is 0 Å². The zero-order valence-electron chi connectivity index (χ0n) is 9.28. The minimum absolute atomic E-state index is 0.781. The maximum atomic E-state index is 5.89. The quantitative estimate of drug-likeness (QED) is 0.711. The van der Waals surface area contributed by atoms with Crippen LogP contribution in [0.1, 0.15) is 12.5 Å². The molecule has 0 amide bonds. The van der Waals surface area contributed by atoms with Gasteiger partial charge >= 0.3 is 0 Å². The molecule has 0 bridgehead atoms. The van der Waals surface area contributed by atoms with Gasteiger partial charge in [0.05, 0.1) is 0 Å². The molecule has 2 rings (SSSR count). The van der Waals surface area contributed by atoms with Crippen LogP contribution in [0.4, 0.5) is 0 Å². The highest BCUT2D eigenvalue weighted by molar-refractivity contribution is 6.30. The van der Waals surface area contributed by atoms with Crippen molar-refractivity contribution in [3.63, 3.8) is 0 Å². The average molecular weight is 230 g/mol. The first-order valence-corrected chi connectivity index (χ1v) is 5.80. The Morgan fingerprint density at radius 2 is 1.69 bits per heavy atom. The summed E-state index contributed by atoms with van der Waals surface area (Å²) in [4.78, 5) is 0. The molecule has 16 heavy (non-hydrogen) atoms. The summed E-state index contributed by atoms with van der Waals surface area (Å²) in [5.74, 6) is 0. The summed E-state index contributed by atoms with van der Waals surface area (Å²) < 4.78 is 0. The maximum absolute atomic E-state index is 5.89. The van der Waals surface area contributed by atoms with Gasteiger partial charge < -0.3 is 0 Å². The average Bonchev–Trinajstić information content (AvgIpc) is 2.32. The maximum Gasteiger partial charge on any atom is 0.0406 e. The number of benzene rings is 2. The fourth-order valence-corrected chi connectivity index (χ4v) is 1.96. The van der Waals surface area contributed by atoms with E-state index in [0.717, 1.165) is 11.4 Å². The molecule has 0 nitrogen and oxygen atoms in total. The van der Waals surface area contributed by atoms with Gasteiger partial charge in [0, 0.05) is 5.02 Å². The molecule has 1 heteroatoms. The van der Waals surface area contributed by atoms with E-state index >= 15 is 0 Å². The van der Waals surface area contributed by atoms with Crippen LogP contribution in [0.3, 0.4) is 0 Å². The summed E-state index contributed by atoms with van der Waals surface area (Å²) in [6.07, 6.45) is 3.17. The zero-order chi connectivity index (χ0) is 11.4. The second-order valence-corrected chi connectivity index (χ2v) is 4.21. The highest BCUT2D eigenvalue weighted by Gasteiger charge is 2.03. The molecule has 0 fully saturated rings. The molecule has 2 aromatic rings. The third-order valence-corrected chi connectivity index (χ3v) is 2.85. The third-order valence-electron chi connectivity index (χ3n) is 2.60. The van der Waals surface area contributed by atoms with Crippen molar-refractivity contribution in [2.45, 2.75) is 13.3 Å². The van der Waals surface area contributed by atoms with Crippen LogP contribution in [0.5, 0.6) is 0 Å². The van der Waals surface area contributed by atoms with Gasteiger partial charge in [-0.15, -0.1) is 0 Å². The van der Waals surface area contributed by atoms with Gasteiger partial charge in [0.25, 0.3) is 0 Å². The van der Waals surface area contributed by atoms with Gasteiger partial charge in [-0.2, -0.15) is 0 Å².